The second-order valence-corrected chi connectivity index (χ2v) is 4.03. The van der Waals surface area contributed by atoms with Gasteiger partial charge in [-0.15, -0.1) is 0 Å². The van der Waals surface area contributed by atoms with Crippen LogP contribution in [0, 0.1) is 6.92 Å². The third kappa shape index (κ3) is 2.25. The average Bonchev–Trinajstić information content (AvgIpc) is 2.61. The Labute approximate surface area is 99.2 Å². The van der Waals surface area contributed by atoms with Crippen molar-refractivity contribution in [3.05, 3.63) is 29.5 Å². The first kappa shape index (κ1) is 11.5. The first-order valence-corrected chi connectivity index (χ1v) is 5.49. The van der Waals surface area contributed by atoms with Gasteiger partial charge < -0.3 is 14.8 Å². The van der Waals surface area contributed by atoms with E-state index in [1.54, 1.807) is 7.11 Å². The van der Waals surface area contributed by atoms with Crippen LogP contribution in [0.1, 0.15) is 17.7 Å². The molecule has 2 rings (SSSR count). The fraction of sp³-hybridized carbons (Fsp3) is 0.308. The summed E-state index contributed by atoms with van der Waals surface area (Å²) in [5.74, 6) is 0.00900. The molecule has 2 aromatic rings. The zero-order valence-electron chi connectivity index (χ0n) is 9.91. The van der Waals surface area contributed by atoms with Gasteiger partial charge in [0, 0.05) is 23.0 Å². The highest BCUT2D eigenvalue weighted by Crippen LogP contribution is 2.27. The topological polar surface area (TPSA) is 62.3 Å². The molecule has 4 nitrogen and oxygen atoms in total. The zero-order chi connectivity index (χ0) is 12.4. The van der Waals surface area contributed by atoms with Crippen LogP contribution in [-0.2, 0) is 11.2 Å². The summed E-state index contributed by atoms with van der Waals surface area (Å²) in [6.07, 6.45) is 0.680. The summed E-state index contributed by atoms with van der Waals surface area (Å²) < 4.78 is 5.18. The Morgan fingerprint density at radius 1 is 1.47 bits per heavy atom. The van der Waals surface area contributed by atoms with E-state index in [2.05, 4.69) is 4.98 Å². The molecule has 4 heteroatoms. The van der Waals surface area contributed by atoms with E-state index in [1.807, 2.05) is 25.1 Å². The van der Waals surface area contributed by atoms with Crippen molar-refractivity contribution < 1.29 is 14.6 Å². The summed E-state index contributed by atoms with van der Waals surface area (Å²) in [6.45, 7) is 1.96. The summed E-state index contributed by atoms with van der Waals surface area (Å²) in [5, 5.41) is 9.79. The van der Waals surface area contributed by atoms with Crippen molar-refractivity contribution in [2.24, 2.45) is 0 Å². The van der Waals surface area contributed by atoms with Gasteiger partial charge in [-0.1, -0.05) is 0 Å². The molecule has 1 heterocycles. The number of carboxylic acids is 1. The van der Waals surface area contributed by atoms with Crippen LogP contribution >= 0.6 is 0 Å². The third-order valence-electron chi connectivity index (χ3n) is 2.92. The number of hydrogen-bond acceptors (Lipinski definition) is 2. The molecule has 1 aromatic heterocycles. The Morgan fingerprint density at radius 3 is 2.88 bits per heavy atom. The Kier molecular flexibility index (Phi) is 3.04. The van der Waals surface area contributed by atoms with Gasteiger partial charge in [0.25, 0.3) is 0 Å². The molecule has 2 N–H and O–H groups in total. The number of H-pyrrole nitrogens is 1. The molecule has 0 saturated heterocycles. The quantitative estimate of drug-likeness (QED) is 0.852. The number of carbonyl (C=O) groups is 1. The van der Waals surface area contributed by atoms with Crippen LogP contribution in [-0.4, -0.2) is 23.2 Å². The van der Waals surface area contributed by atoms with Gasteiger partial charge in [0.1, 0.15) is 5.75 Å². The van der Waals surface area contributed by atoms with Crippen LogP contribution in [0.4, 0.5) is 0 Å². The molecular formula is C13H15NO3. The smallest absolute Gasteiger partial charge is 0.303 e. The number of aryl methyl sites for hydroxylation is 2. The van der Waals surface area contributed by atoms with Crippen LogP contribution in [0.15, 0.2) is 18.2 Å². The second-order valence-electron chi connectivity index (χ2n) is 4.03. The number of carboxylic acid groups (broad SMARTS) is 1. The zero-order valence-corrected chi connectivity index (χ0v) is 9.91. The van der Waals surface area contributed by atoms with Crippen LogP contribution in [0.5, 0.6) is 5.75 Å². The molecule has 0 aliphatic carbocycles. The maximum Gasteiger partial charge on any atom is 0.303 e. The number of aromatic nitrogens is 1. The highest BCUT2D eigenvalue weighted by Gasteiger charge is 2.10. The monoisotopic (exact) mass is 233 g/mol. The summed E-state index contributed by atoms with van der Waals surface area (Å²) in [7, 11) is 1.62. The van der Waals surface area contributed by atoms with Crippen LogP contribution < -0.4 is 4.74 Å². The molecule has 90 valence electrons. The number of aliphatic carboxylic acids is 1. The number of nitrogens with one attached hydrogen (secondary N) is 1. The van der Waals surface area contributed by atoms with Crippen LogP contribution in [0.2, 0.25) is 0 Å². The minimum Gasteiger partial charge on any atom is -0.497 e. The number of ether oxygens (including phenoxy) is 1. The number of aromatic amines is 1. The fourth-order valence-corrected chi connectivity index (χ4v) is 2.04. The van der Waals surface area contributed by atoms with Gasteiger partial charge in [-0.2, -0.15) is 0 Å². The van der Waals surface area contributed by atoms with Crippen molar-refractivity contribution in [1.82, 2.24) is 4.98 Å². The highest BCUT2D eigenvalue weighted by molar-refractivity contribution is 5.86. The largest absolute Gasteiger partial charge is 0.497 e. The first-order chi connectivity index (χ1) is 8.11. The number of rotatable bonds is 4. The lowest BCUT2D eigenvalue weighted by atomic mass is 10.1. The molecular weight excluding hydrogens is 218 g/mol. The van der Waals surface area contributed by atoms with Crippen molar-refractivity contribution in [2.75, 3.05) is 7.11 Å². The van der Waals surface area contributed by atoms with Gasteiger partial charge >= 0.3 is 5.97 Å². The molecule has 0 saturated carbocycles. The molecule has 0 aliphatic rings. The minimum atomic E-state index is -0.776. The SMILES string of the molecule is COc1ccc2[nH]c(C)c(CCC(=O)O)c2c1. The van der Waals surface area contributed by atoms with Gasteiger partial charge in [-0.25, -0.2) is 0 Å². The van der Waals surface area contributed by atoms with Crippen molar-refractivity contribution >= 4 is 16.9 Å². The maximum atomic E-state index is 10.6. The minimum absolute atomic E-state index is 0.144. The summed E-state index contributed by atoms with van der Waals surface area (Å²) in [6, 6.07) is 5.78. The lowest BCUT2D eigenvalue weighted by Crippen LogP contribution is -1.98. The number of fused-ring (bicyclic) bond motifs is 1. The molecule has 17 heavy (non-hydrogen) atoms. The Morgan fingerprint density at radius 2 is 2.24 bits per heavy atom. The van der Waals surface area contributed by atoms with E-state index >= 15 is 0 Å². The molecule has 0 bridgehead atoms. The molecule has 1 aromatic carbocycles. The number of benzene rings is 1. The highest BCUT2D eigenvalue weighted by atomic mass is 16.5. The van der Waals surface area contributed by atoms with Crippen LogP contribution in [0.25, 0.3) is 10.9 Å². The lowest BCUT2D eigenvalue weighted by Gasteiger charge is -2.01. The van der Waals surface area contributed by atoms with E-state index in [4.69, 9.17) is 9.84 Å². The average molecular weight is 233 g/mol. The van der Waals surface area contributed by atoms with E-state index < -0.39 is 5.97 Å². The Bertz CT molecular complexity index is 557. The standard InChI is InChI=1S/C13H15NO3/c1-8-10(4-6-13(15)16)11-7-9(17-2)3-5-12(11)14-8/h3,5,7,14H,4,6H2,1-2H3,(H,15,16). The number of methoxy groups -OCH3 is 1. The number of hydrogen-bond donors (Lipinski definition) is 2. The van der Waals surface area contributed by atoms with Gasteiger partial charge in [0.05, 0.1) is 7.11 Å². The fourth-order valence-electron chi connectivity index (χ4n) is 2.04. The van der Waals surface area contributed by atoms with E-state index in [-0.39, 0.29) is 6.42 Å². The maximum absolute atomic E-state index is 10.6. The van der Waals surface area contributed by atoms with Crippen molar-refractivity contribution in [3.63, 3.8) is 0 Å². The van der Waals surface area contributed by atoms with Crippen molar-refractivity contribution in [1.29, 1.82) is 0 Å². The molecule has 0 radical (unpaired) electrons. The molecule has 0 spiro atoms. The summed E-state index contributed by atoms with van der Waals surface area (Å²) in [4.78, 5) is 13.9. The summed E-state index contributed by atoms with van der Waals surface area (Å²) in [5.41, 5.74) is 3.10. The Hall–Kier alpha value is -1.97. The molecule has 0 atom stereocenters. The van der Waals surface area contributed by atoms with Gasteiger partial charge in [0.2, 0.25) is 0 Å². The van der Waals surface area contributed by atoms with E-state index in [0.717, 1.165) is 27.9 Å². The molecule has 0 fully saturated rings. The third-order valence-corrected chi connectivity index (χ3v) is 2.92. The van der Waals surface area contributed by atoms with Crippen molar-refractivity contribution in [2.45, 2.75) is 19.8 Å². The van der Waals surface area contributed by atoms with Gasteiger partial charge in [-0.05, 0) is 37.1 Å². The molecule has 0 amide bonds. The van der Waals surface area contributed by atoms with Gasteiger partial charge in [-0.3, -0.25) is 4.79 Å². The van der Waals surface area contributed by atoms with E-state index in [9.17, 15) is 4.79 Å². The normalized spacial score (nSPS) is 10.7. The van der Waals surface area contributed by atoms with E-state index in [0.29, 0.717) is 6.42 Å². The lowest BCUT2D eigenvalue weighted by molar-refractivity contribution is -0.136. The van der Waals surface area contributed by atoms with E-state index in [1.165, 1.54) is 0 Å². The van der Waals surface area contributed by atoms with Crippen LogP contribution in [0.3, 0.4) is 0 Å². The molecule has 0 aliphatic heterocycles. The predicted octanol–water partition coefficient (Wildman–Crippen LogP) is 2.50. The van der Waals surface area contributed by atoms with Crippen molar-refractivity contribution in [3.8, 4) is 5.75 Å². The first-order valence-electron chi connectivity index (χ1n) is 5.49. The van der Waals surface area contributed by atoms with Gasteiger partial charge in [0.15, 0.2) is 0 Å². The second kappa shape index (κ2) is 4.49. The molecule has 0 unspecified atom stereocenters. The Balaban J connectivity index is 2.44. The summed E-state index contributed by atoms with van der Waals surface area (Å²) >= 11 is 0. The predicted molar refractivity (Wildman–Crippen MR) is 65.5 cm³/mol.